The molecule has 0 fully saturated rings. The maximum absolute atomic E-state index is 12.3. The van der Waals surface area contributed by atoms with Crippen molar-refractivity contribution in [2.24, 2.45) is 0 Å². The molecule has 0 saturated heterocycles. The third kappa shape index (κ3) is 2.65. The van der Waals surface area contributed by atoms with Crippen molar-refractivity contribution in [2.45, 2.75) is 13.8 Å². The standard InChI is InChI=1S/C15H12BrClO/c1-9-3-4-11(7-10(9)2)15(18)12-5-6-13(16)14(17)8-12/h3-8H,1-2H3. The number of rotatable bonds is 2. The quantitative estimate of drug-likeness (QED) is 0.715. The Kier molecular flexibility index (Phi) is 3.88. The zero-order valence-corrected chi connectivity index (χ0v) is 12.5. The molecule has 0 aromatic heterocycles. The van der Waals surface area contributed by atoms with E-state index in [0.717, 1.165) is 10.0 Å². The third-order valence-corrected chi connectivity index (χ3v) is 4.18. The first-order valence-corrected chi connectivity index (χ1v) is 6.73. The molecule has 0 aliphatic carbocycles. The van der Waals surface area contributed by atoms with Gasteiger partial charge in [-0.3, -0.25) is 4.79 Å². The molecule has 0 spiro atoms. The topological polar surface area (TPSA) is 17.1 Å². The van der Waals surface area contributed by atoms with Crippen molar-refractivity contribution in [1.82, 2.24) is 0 Å². The van der Waals surface area contributed by atoms with E-state index >= 15 is 0 Å². The maximum atomic E-state index is 12.3. The summed E-state index contributed by atoms with van der Waals surface area (Å²) >= 11 is 9.32. The maximum Gasteiger partial charge on any atom is 0.193 e. The summed E-state index contributed by atoms with van der Waals surface area (Å²) < 4.78 is 0.792. The van der Waals surface area contributed by atoms with E-state index in [1.807, 2.05) is 32.0 Å². The van der Waals surface area contributed by atoms with E-state index < -0.39 is 0 Å². The number of aryl methyl sites for hydroxylation is 2. The molecule has 1 nitrogen and oxygen atoms in total. The molecule has 0 heterocycles. The van der Waals surface area contributed by atoms with Gasteiger partial charge in [0.1, 0.15) is 0 Å². The van der Waals surface area contributed by atoms with Gasteiger partial charge in [-0.25, -0.2) is 0 Å². The highest BCUT2D eigenvalue weighted by molar-refractivity contribution is 9.10. The second kappa shape index (κ2) is 5.25. The lowest BCUT2D eigenvalue weighted by Crippen LogP contribution is -2.02. The number of hydrogen-bond acceptors (Lipinski definition) is 1. The molecule has 0 radical (unpaired) electrons. The number of ketones is 1. The Balaban J connectivity index is 2.41. The van der Waals surface area contributed by atoms with Crippen LogP contribution in [-0.2, 0) is 0 Å². The fourth-order valence-corrected chi connectivity index (χ4v) is 2.11. The van der Waals surface area contributed by atoms with Crippen molar-refractivity contribution in [1.29, 1.82) is 0 Å². The van der Waals surface area contributed by atoms with Crippen LogP contribution in [0.2, 0.25) is 5.02 Å². The van der Waals surface area contributed by atoms with E-state index in [9.17, 15) is 4.79 Å². The molecular weight excluding hydrogens is 312 g/mol. The molecule has 3 heteroatoms. The van der Waals surface area contributed by atoms with Crippen LogP contribution in [-0.4, -0.2) is 5.78 Å². The zero-order chi connectivity index (χ0) is 13.3. The van der Waals surface area contributed by atoms with Gasteiger partial charge >= 0.3 is 0 Å². The highest BCUT2D eigenvalue weighted by Gasteiger charge is 2.11. The lowest BCUT2D eigenvalue weighted by molar-refractivity contribution is 0.103. The van der Waals surface area contributed by atoms with Crippen LogP contribution in [0.4, 0.5) is 0 Å². The van der Waals surface area contributed by atoms with Gasteiger partial charge in [0.05, 0.1) is 5.02 Å². The molecule has 0 atom stereocenters. The van der Waals surface area contributed by atoms with Crippen molar-refractivity contribution in [3.8, 4) is 0 Å². The van der Waals surface area contributed by atoms with E-state index in [1.54, 1.807) is 18.2 Å². The third-order valence-electron chi connectivity index (χ3n) is 2.95. The molecule has 0 aliphatic heterocycles. The van der Waals surface area contributed by atoms with Gasteiger partial charge in [-0.05, 0) is 65.2 Å². The predicted octanol–water partition coefficient (Wildman–Crippen LogP) is 4.95. The Morgan fingerprint density at radius 3 is 2.22 bits per heavy atom. The van der Waals surface area contributed by atoms with Gasteiger partial charge in [-0.2, -0.15) is 0 Å². The number of benzene rings is 2. The van der Waals surface area contributed by atoms with Gasteiger partial charge in [0.15, 0.2) is 5.78 Å². The van der Waals surface area contributed by atoms with E-state index in [2.05, 4.69) is 15.9 Å². The molecule has 18 heavy (non-hydrogen) atoms. The molecule has 0 amide bonds. The number of carbonyl (C=O) groups is 1. The number of carbonyl (C=O) groups excluding carboxylic acids is 1. The Labute approximate surface area is 120 Å². The normalized spacial score (nSPS) is 10.4. The second-order valence-corrected chi connectivity index (χ2v) is 5.52. The zero-order valence-electron chi connectivity index (χ0n) is 10.1. The molecule has 2 aromatic rings. The van der Waals surface area contributed by atoms with Crippen molar-refractivity contribution < 1.29 is 4.79 Å². The highest BCUT2D eigenvalue weighted by atomic mass is 79.9. The predicted molar refractivity (Wildman–Crippen MR) is 78.5 cm³/mol. The minimum Gasteiger partial charge on any atom is -0.289 e. The molecule has 92 valence electrons. The van der Waals surface area contributed by atoms with Gasteiger partial charge in [0.25, 0.3) is 0 Å². The summed E-state index contributed by atoms with van der Waals surface area (Å²) in [6.07, 6.45) is 0. The average molecular weight is 324 g/mol. The van der Waals surface area contributed by atoms with Crippen LogP contribution in [0, 0.1) is 13.8 Å². The molecule has 2 rings (SSSR count). The minimum atomic E-state index is -0.00694. The summed E-state index contributed by atoms with van der Waals surface area (Å²) in [5.41, 5.74) is 3.59. The molecular formula is C15H12BrClO. The van der Waals surface area contributed by atoms with Crippen molar-refractivity contribution in [3.05, 3.63) is 68.1 Å². The Morgan fingerprint density at radius 2 is 1.61 bits per heavy atom. The molecule has 0 saturated carbocycles. The van der Waals surface area contributed by atoms with E-state index in [4.69, 9.17) is 11.6 Å². The van der Waals surface area contributed by atoms with Crippen molar-refractivity contribution in [3.63, 3.8) is 0 Å². The summed E-state index contributed by atoms with van der Waals surface area (Å²) in [5.74, 6) is -0.00694. The first-order valence-electron chi connectivity index (χ1n) is 5.56. The van der Waals surface area contributed by atoms with E-state index in [-0.39, 0.29) is 5.78 Å². The number of hydrogen-bond donors (Lipinski definition) is 0. The lowest BCUT2D eigenvalue weighted by Gasteiger charge is -2.06. The van der Waals surface area contributed by atoms with Crippen LogP contribution in [0.1, 0.15) is 27.0 Å². The highest BCUT2D eigenvalue weighted by Crippen LogP contribution is 2.24. The molecule has 0 bridgehead atoms. The van der Waals surface area contributed by atoms with Crippen LogP contribution in [0.3, 0.4) is 0 Å². The summed E-state index contributed by atoms with van der Waals surface area (Å²) in [7, 11) is 0. The SMILES string of the molecule is Cc1ccc(C(=O)c2ccc(Br)c(Cl)c2)cc1C. The fraction of sp³-hybridized carbons (Fsp3) is 0.133. The fourth-order valence-electron chi connectivity index (χ4n) is 1.69. The second-order valence-electron chi connectivity index (χ2n) is 4.26. The van der Waals surface area contributed by atoms with Gasteiger partial charge in [-0.1, -0.05) is 23.7 Å². The Bertz CT molecular complexity index is 566. The molecule has 0 N–H and O–H groups in total. The first kappa shape index (κ1) is 13.3. The van der Waals surface area contributed by atoms with Gasteiger partial charge in [-0.15, -0.1) is 0 Å². The van der Waals surface area contributed by atoms with E-state index in [1.165, 1.54) is 5.56 Å². The smallest absolute Gasteiger partial charge is 0.193 e. The van der Waals surface area contributed by atoms with Crippen molar-refractivity contribution in [2.75, 3.05) is 0 Å². The van der Waals surface area contributed by atoms with Crippen LogP contribution >= 0.6 is 27.5 Å². The van der Waals surface area contributed by atoms with Crippen LogP contribution < -0.4 is 0 Å². The lowest BCUT2D eigenvalue weighted by atomic mass is 9.99. The Hall–Kier alpha value is -1.12. The monoisotopic (exact) mass is 322 g/mol. The molecule has 0 unspecified atom stereocenters. The average Bonchev–Trinajstić information content (AvgIpc) is 2.35. The Morgan fingerprint density at radius 1 is 1.00 bits per heavy atom. The molecule has 0 aliphatic rings. The van der Waals surface area contributed by atoms with Crippen LogP contribution in [0.15, 0.2) is 40.9 Å². The summed E-state index contributed by atoms with van der Waals surface area (Å²) in [6, 6.07) is 11.0. The summed E-state index contributed by atoms with van der Waals surface area (Å²) in [6.45, 7) is 4.03. The van der Waals surface area contributed by atoms with Crippen molar-refractivity contribution >= 4 is 33.3 Å². The molecule has 2 aromatic carbocycles. The van der Waals surface area contributed by atoms with Crippen LogP contribution in [0.5, 0.6) is 0 Å². The number of halogens is 2. The summed E-state index contributed by atoms with van der Waals surface area (Å²) in [4.78, 5) is 12.3. The first-order chi connectivity index (χ1) is 8.49. The van der Waals surface area contributed by atoms with Gasteiger partial charge < -0.3 is 0 Å². The summed E-state index contributed by atoms with van der Waals surface area (Å²) in [5, 5.41) is 0.546. The largest absolute Gasteiger partial charge is 0.289 e. The van der Waals surface area contributed by atoms with Gasteiger partial charge in [0, 0.05) is 15.6 Å². The van der Waals surface area contributed by atoms with Gasteiger partial charge in [0.2, 0.25) is 0 Å². The van der Waals surface area contributed by atoms with Crippen LogP contribution in [0.25, 0.3) is 0 Å². The minimum absolute atomic E-state index is 0.00694. The van der Waals surface area contributed by atoms with E-state index in [0.29, 0.717) is 16.1 Å².